The number of rotatable bonds is 4. The lowest BCUT2D eigenvalue weighted by molar-refractivity contribution is -0.384. The second kappa shape index (κ2) is 9.11. The molecule has 2 atom stereocenters. The number of hydrogen-bond acceptors (Lipinski definition) is 5. The van der Waals surface area contributed by atoms with Gasteiger partial charge in [-0.25, -0.2) is 0 Å². The maximum absolute atomic E-state index is 13.0. The summed E-state index contributed by atoms with van der Waals surface area (Å²) in [7, 11) is 0. The lowest BCUT2D eigenvalue weighted by atomic mass is 9.85. The Morgan fingerprint density at radius 2 is 1.84 bits per heavy atom. The Morgan fingerprint density at radius 3 is 2.42 bits per heavy atom. The largest absolute Gasteiger partial charge is 0.391 e. The number of carbonyl (C=O) groups excluding carboxylic acids is 2. The highest BCUT2D eigenvalue weighted by Gasteiger charge is 2.42. The van der Waals surface area contributed by atoms with Crippen molar-refractivity contribution in [1.82, 2.24) is 10.2 Å². The quantitative estimate of drug-likeness (QED) is 0.571. The third-order valence-electron chi connectivity index (χ3n) is 5.97. The van der Waals surface area contributed by atoms with Crippen molar-refractivity contribution < 1.29 is 27.7 Å². The van der Waals surface area contributed by atoms with Gasteiger partial charge in [0.15, 0.2) is 0 Å². The Labute approximate surface area is 177 Å². The third-order valence-corrected chi connectivity index (χ3v) is 5.97. The molecule has 1 aromatic carbocycles. The van der Waals surface area contributed by atoms with Crippen LogP contribution in [0.15, 0.2) is 18.2 Å². The molecule has 1 aliphatic carbocycles. The minimum Gasteiger partial charge on any atom is -0.362 e. The fourth-order valence-corrected chi connectivity index (χ4v) is 4.23. The van der Waals surface area contributed by atoms with Gasteiger partial charge in [-0.3, -0.25) is 19.7 Å². The minimum atomic E-state index is -4.30. The number of carbonyl (C=O) groups is 2. The maximum Gasteiger partial charge on any atom is 0.391 e. The van der Waals surface area contributed by atoms with E-state index in [1.54, 1.807) is 9.80 Å². The summed E-state index contributed by atoms with van der Waals surface area (Å²) in [6, 6.07) is 3.47. The molecule has 3 rings (SSSR count). The number of nitro benzene ring substituents is 1. The highest BCUT2D eigenvalue weighted by atomic mass is 19.4. The Balaban J connectivity index is 1.71. The summed E-state index contributed by atoms with van der Waals surface area (Å²) in [5.41, 5.74) is 0.132. The van der Waals surface area contributed by atoms with Gasteiger partial charge < -0.3 is 15.1 Å². The van der Waals surface area contributed by atoms with E-state index < -0.39 is 29.0 Å². The molecule has 2 fully saturated rings. The normalized spacial score (nSPS) is 22.2. The van der Waals surface area contributed by atoms with Crippen molar-refractivity contribution in [1.29, 1.82) is 0 Å². The second-order valence-corrected chi connectivity index (χ2v) is 8.03. The van der Waals surface area contributed by atoms with E-state index in [4.69, 9.17) is 0 Å². The molecule has 2 aliphatic rings. The van der Waals surface area contributed by atoms with Gasteiger partial charge in [0.05, 0.1) is 10.8 Å². The third kappa shape index (κ3) is 5.45. The molecule has 0 spiro atoms. The first kappa shape index (κ1) is 22.8. The minimum absolute atomic E-state index is 0.0342. The average molecular weight is 442 g/mol. The van der Waals surface area contributed by atoms with Gasteiger partial charge in [0.25, 0.3) is 11.6 Å². The molecule has 1 N–H and O–H groups in total. The van der Waals surface area contributed by atoms with Gasteiger partial charge in [0, 0.05) is 50.8 Å². The maximum atomic E-state index is 13.0. The molecule has 0 unspecified atom stereocenters. The van der Waals surface area contributed by atoms with Crippen molar-refractivity contribution in [3.05, 3.63) is 33.9 Å². The Morgan fingerprint density at radius 1 is 1.16 bits per heavy atom. The van der Waals surface area contributed by atoms with Crippen molar-refractivity contribution in [2.24, 2.45) is 5.92 Å². The van der Waals surface area contributed by atoms with Gasteiger partial charge in [-0.2, -0.15) is 13.2 Å². The Kier molecular flexibility index (Phi) is 6.71. The summed E-state index contributed by atoms with van der Waals surface area (Å²) in [6.45, 7) is 3.20. The molecule has 1 saturated carbocycles. The van der Waals surface area contributed by atoms with E-state index in [-0.39, 0.29) is 30.0 Å². The van der Waals surface area contributed by atoms with Gasteiger partial charge in [0.1, 0.15) is 5.69 Å². The van der Waals surface area contributed by atoms with Crippen molar-refractivity contribution in [3.8, 4) is 0 Å². The Bertz CT molecular complexity index is 853. The van der Waals surface area contributed by atoms with Gasteiger partial charge in [-0.05, 0) is 31.4 Å². The van der Waals surface area contributed by atoms with E-state index in [0.717, 1.165) is 6.07 Å². The van der Waals surface area contributed by atoms with Crippen LogP contribution in [0.2, 0.25) is 0 Å². The molecule has 0 radical (unpaired) electrons. The lowest BCUT2D eigenvalue weighted by Crippen LogP contribution is -2.48. The molecule has 1 heterocycles. The molecular formula is C20H25F3N4O4. The topological polar surface area (TPSA) is 95.8 Å². The van der Waals surface area contributed by atoms with E-state index in [9.17, 15) is 32.9 Å². The van der Waals surface area contributed by atoms with E-state index in [1.165, 1.54) is 19.1 Å². The number of piperazine rings is 1. The zero-order valence-corrected chi connectivity index (χ0v) is 17.2. The van der Waals surface area contributed by atoms with Crippen LogP contribution in [0.5, 0.6) is 0 Å². The summed E-state index contributed by atoms with van der Waals surface area (Å²) in [5.74, 6) is -2.13. The van der Waals surface area contributed by atoms with Crippen LogP contribution < -0.4 is 10.2 Å². The number of hydrogen-bond donors (Lipinski definition) is 1. The molecular weight excluding hydrogens is 417 g/mol. The number of nitrogens with zero attached hydrogens (tertiary/aromatic N) is 3. The summed E-state index contributed by atoms with van der Waals surface area (Å²) in [5, 5.41) is 14.2. The molecule has 170 valence electrons. The summed E-state index contributed by atoms with van der Waals surface area (Å²) >= 11 is 0. The highest BCUT2D eigenvalue weighted by Crippen LogP contribution is 2.37. The zero-order valence-electron chi connectivity index (χ0n) is 17.2. The smallest absolute Gasteiger partial charge is 0.362 e. The number of halogens is 3. The molecule has 0 bridgehead atoms. The fourth-order valence-electron chi connectivity index (χ4n) is 4.23. The monoisotopic (exact) mass is 442 g/mol. The number of anilines is 1. The highest BCUT2D eigenvalue weighted by molar-refractivity contribution is 5.96. The fraction of sp³-hybridized carbons (Fsp3) is 0.600. The van der Waals surface area contributed by atoms with Gasteiger partial charge in [-0.1, -0.05) is 6.42 Å². The Hall–Kier alpha value is -2.85. The SMILES string of the molecule is CC(=O)N1CCN(c2ccc(C(=O)N[C@@H]3CCC[C@@H](C(F)(F)F)C3)cc2[N+](=O)[O-])CC1. The average Bonchev–Trinajstić information content (AvgIpc) is 2.73. The van der Waals surface area contributed by atoms with Crippen LogP contribution in [0.1, 0.15) is 43.0 Å². The van der Waals surface area contributed by atoms with Gasteiger partial charge in [0.2, 0.25) is 5.91 Å². The van der Waals surface area contributed by atoms with Crippen molar-refractivity contribution in [3.63, 3.8) is 0 Å². The van der Waals surface area contributed by atoms with E-state index >= 15 is 0 Å². The van der Waals surface area contributed by atoms with Crippen molar-refractivity contribution in [2.45, 2.75) is 44.8 Å². The van der Waals surface area contributed by atoms with E-state index in [2.05, 4.69) is 5.32 Å². The van der Waals surface area contributed by atoms with Crippen LogP contribution in [-0.4, -0.2) is 60.0 Å². The summed E-state index contributed by atoms with van der Waals surface area (Å²) in [4.78, 5) is 38.5. The number of nitro groups is 1. The van der Waals surface area contributed by atoms with Crippen LogP contribution in [0.3, 0.4) is 0 Å². The van der Waals surface area contributed by atoms with E-state index in [0.29, 0.717) is 44.7 Å². The van der Waals surface area contributed by atoms with Gasteiger partial charge >= 0.3 is 6.18 Å². The zero-order chi connectivity index (χ0) is 22.8. The molecule has 1 aromatic rings. The molecule has 31 heavy (non-hydrogen) atoms. The predicted molar refractivity (Wildman–Crippen MR) is 107 cm³/mol. The van der Waals surface area contributed by atoms with Crippen LogP contribution in [0, 0.1) is 16.0 Å². The number of nitrogens with one attached hydrogen (secondary N) is 1. The van der Waals surface area contributed by atoms with Crippen LogP contribution in [-0.2, 0) is 4.79 Å². The molecule has 2 amide bonds. The first-order valence-corrected chi connectivity index (χ1v) is 10.2. The van der Waals surface area contributed by atoms with Crippen molar-refractivity contribution in [2.75, 3.05) is 31.1 Å². The molecule has 11 heteroatoms. The van der Waals surface area contributed by atoms with Crippen LogP contribution in [0.4, 0.5) is 24.5 Å². The molecule has 1 aliphatic heterocycles. The van der Waals surface area contributed by atoms with Gasteiger partial charge in [-0.15, -0.1) is 0 Å². The summed E-state index contributed by atoms with van der Waals surface area (Å²) in [6.07, 6.45) is -3.63. The first-order valence-electron chi connectivity index (χ1n) is 10.2. The number of amides is 2. The lowest BCUT2D eigenvalue weighted by Gasteiger charge is -2.35. The molecule has 1 saturated heterocycles. The van der Waals surface area contributed by atoms with Crippen LogP contribution >= 0.6 is 0 Å². The number of alkyl halides is 3. The number of benzene rings is 1. The first-order chi connectivity index (χ1) is 14.6. The summed E-state index contributed by atoms with van der Waals surface area (Å²) < 4.78 is 39.0. The molecule has 0 aromatic heterocycles. The predicted octanol–water partition coefficient (Wildman–Crippen LogP) is 3.11. The standard InChI is InChI=1S/C20H25F3N4O4/c1-13(28)25-7-9-26(10-8-25)17-6-5-14(11-18(17)27(30)31)19(29)24-16-4-2-3-15(12-16)20(21,22)23/h5-6,11,15-16H,2-4,7-10,12H2,1H3,(H,24,29)/t15-,16-/m1/s1. The van der Waals surface area contributed by atoms with E-state index in [1.807, 2.05) is 0 Å². The van der Waals surface area contributed by atoms with Crippen LogP contribution in [0.25, 0.3) is 0 Å². The second-order valence-electron chi connectivity index (χ2n) is 8.03. The molecule has 8 nitrogen and oxygen atoms in total. The van der Waals surface area contributed by atoms with Crippen molar-refractivity contribution >= 4 is 23.2 Å².